The lowest BCUT2D eigenvalue weighted by atomic mass is 10.1. The maximum atomic E-state index is 12.5. The summed E-state index contributed by atoms with van der Waals surface area (Å²) in [7, 11) is 0. The summed E-state index contributed by atoms with van der Waals surface area (Å²) in [6.45, 7) is 5.15. The molecule has 1 atom stereocenters. The molecule has 0 aliphatic heterocycles. The molecular weight excluding hydrogens is 250 g/mol. The van der Waals surface area contributed by atoms with E-state index in [-0.39, 0.29) is 11.8 Å². The van der Waals surface area contributed by atoms with Gasteiger partial charge in [0.25, 0.3) is 0 Å². The van der Waals surface area contributed by atoms with Gasteiger partial charge in [-0.1, -0.05) is 44.2 Å². The van der Waals surface area contributed by atoms with Crippen molar-refractivity contribution in [1.29, 1.82) is 0 Å². The van der Waals surface area contributed by atoms with E-state index in [1.165, 1.54) is 0 Å². The van der Waals surface area contributed by atoms with E-state index in [4.69, 9.17) is 4.42 Å². The lowest BCUT2D eigenvalue weighted by Crippen LogP contribution is -2.34. The van der Waals surface area contributed by atoms with Crippen LogP contribution in [0.25, 0.3) is 0 Å². The van der Waals surface area contributed by atoms with Crippen molar-refractivity contribution in [2.75, 3.05) is 0 Å². The maximum Gasteiger partial charge on any atom is 0.226 e. The summed E-state index contributed by atoms with van der Waals surface area (Å²) < 4.78 is 5.37. The van der Waals surface area contributed by atoms with Gasteiger partial charge in [-0.05, 0) is 24.1 Å². The Labute approximate surface area is 120 Å². The van der Waals surface area contributed by atoms with Gasteiger partial charge >= 0.3 is 0 Å². The number of carbonyl (C=O) groups excluding carboxylic acids is 1. The number of amides is 1. The highest BCUT2D eigenvalue weighted by Gasteiger charge is 2.20. The van der Waals surface area contributed by atoms with Crippen LogP contribution in [-0.4, -0.2) is 10.8 Å². The van der Waals surface area contributed by atoms with E-state index in [9.17, 15) is 4.79 Å². The fourth-order valence-electron chi connectivity index (χ4n) is 2.09. The van der Waals surface area contributed by atoms with Crippen molar-refractivity contribution in [2.45, 2.75) is 33.4 Å². The van der Waals surface area contributed by atoms with Crippen molar-refractivity contribution in [1.82, 2.24) is 4.90 Å². The average Bonchev–Trinajstić information content (AvgIpc) is 2.99. The Morgan fingerprint density at radius 1 is 1.15 bits per heavy atom. The lowest BCUT2D eigenvalue weighted by Gasteiger charge is -2.24. The predicted molar refractivity (Wildman–Crippen MR) is 78.9 cm³/mol. The fraction of sp³-hybridized carbons (Fsp3) is 0.353. The zero-order chi connectivity index (χ0) is 14.4. The Morgan fingerprint density at radius 2 is 1.90 bits per heavy atom. The van der Waals surface area contributed by atoms with Crippen LogP contribution in [0.3, 0.4) is 0 Å². The van der Waals surface area contributed by atoms with Crippen LogP contribution >= 0.6 is 0 Å². The van der Waals surface area contributed by atoms with Crippen LogP contribution in [0.1, 0.15) is 31.6 Å². The van der Waals surface area contributed by atoms with Crippen LogP contribution in [0.15, 0.2) is 53.1 Å². The van der Waals surface area contributed by atoms with Crippen molar-refractivity contribution in [3.8, 4) is 0 Å². The van der Waals surface area contributed by atoms with Crippen LogP contribution in [0.5, 0.6) is 0 Å². The molecule has 0 N–H and O–H groups in total. The largest absolute Gasteiger partial charge is 0.467 e. The minimum Gasteiger partial charge on any atom is -0.467 e. The predicted octanol–water partition coefficient (Wildman–Crippen LogP) is 3.85. The Morgan fingerprint density at radius 3 is 2.50 bits per heavy atom. The Hall–Kier alpha value is -2.03. The molecule has 1 aromatic heterocycles. The van der Waals surface area contributed by atoms with Gasteiger partial charge in [0.2, 0.25) is 5.91 Å². The van der Waals surface area contributed by atoms with Crippen LogP contribution in [0.2, 0.25) is 0 Å². The smallest absolute Gasteiger partial charge is 0.226 e. The molecule has 1 amide bonds. The van der Waals surface area contributed by atoms with E-state index >= 15 is 0 Å². The van der Waals surface area contributed by atoms with Gasteiger partial charge in [0.1, 0.15) is 5.76 Å². The molecule has 0 saturated carbocycles. The highest BCUT2D eigenvalue weighted by atomic mass is 16.3. The number of nitrogens with zero attached hydrogens (tertiary/aromatic N) is 1. The molecule has 3 heteroatoms. The fourth-order valence-corrected chi connectivity index (χ4v) is 2.09. The summed E-state index contributed by atoms with van der Waals surface area (Å²) in [5.41, 5.74) is 1.13. The van der Waals surface area contributed by atoms with E-state index in [1.54, 1.807) is 6.26 Å². The highest BCUT2D eigenvalue weighted by molar-refractivity contribution is 5.78. The minimum absolute atomic E-state index is 0.0358. The van der Waals surface area contributed by atoms with E-state index < -0.39 is 0 Å². The van der Waals surface area contributed by atoms with Gasteiger partial charge in [-0.25, -0.2) is 0 Å². The second kappa shape index (κ2) is 6.94. The van der Waals surface area contributed by atoms with Crippen LogP contribution < -0.4 is 0 Å². The standard InChI is InChI=1S/C17H21NO2/c1-3-14(2)17(19)18(13-16-10-7-11-20-16)12-15-8-5-4-6-9-15/h4-11,14H,3,12-13H2,1-2H3. The zero-order valence-electron chi connectivity index (χ0n) is 12.1. The summed E-state index contributed by atoms with van der Waals surface area (Å²) in [5.74, 6) is 1.03. The lowest BCUT2D eigenvalue weighted by molar-refractivity contribution is -0.136. The molecule has 0 fully saturated rings. The molecule has 0 aliphatic carbocycles. The van der Waals surface area contributed by atoms with E-state index in [2.05, 4.69) is 0 Å². The molecule has 1 heterocycles. The Balaban J connectivity index is 2.13. The third-order valence-corrected chi connectivity index (χ3v) is 3.49. The number of benzene rings is 1. The van der Waals surface area contributed by atoms with Crippen molar-refractivity contribution >= 4 is 5.91 Å². The molecule has 2 aromatic rings. The van der Waals surface area contributed by atoms with Gasteiger partial charge in [0, 0.05) is 12.5 Å². The monoisotopic (exact) mass is 271 g/mol. The van der Waals surface area contributed by atoms with Gasteiger partial charge < -0.3 is 9.32 Å². The molecule has 0 radical (unpaired) electrons. The molecule has 0 spiro atoms. The van der Waals surface area contributed by atoms with Crippen molar-refractivity contribution in [2.24, 2.45) is 5.92 Å². The third kappa shape index (κ3) is 3.73. The molecule has 0 aliphatic rings. The number of hydrogen-bond donors (Lipinski definition) is 0. The van der Waals surface area contributed by atoms with E-state index in [0.29, 0.717) is 13.1 Å². The molecule has 3 nitrogen and oxygen atoms in total. The topological polar surface area (TPSA) is 33.5 Å². The first-order valence-corrected chi connectivity index (χ1v) is 7.05. The van der Waals surface area contributed by atoms with E-state index in [1.807, 2.05) is 61.2 Å². The quantitative estimate of drug-likeness (QED) is 0.799. The minimum atomic E-state index is 0.0358. The molecule has 106 valence electrons. The van der Waals surface area contributed by atoms with Crippen LogP contribution in [0.4, 0.5) is 0 Å². The number of hydrogen-bond acceptors (Lipinski definition) is 2. The summed E-state index contributed by atoms with van der Waals surface area (Å²) in [6.07, 6.45) is 2.49. The highest BCUT2D eigenvalue weighted by Crippen LogP contribution is 2.15. The van der Waals surface area contributed by atoms with Gasteiger partial charge in [-0.3, -0.25) is 4.79 Å². The summed E-state index contributed by atoms with van der Waals surface area (Å²) in [4.78, 5) is 14.4. The molecule has 1 aromatic carbocycles. The van der Waals surface area contributed by atoms with Crippen LogP contribution in [-0.2, 0) is 17.9 Å². The van der Waals surface area contributed by atoms with Gasteiger partial charge in [-0.2, -0.15) is 0 Å². The van der Waals surface area contributed by atoms with Crippen LogP contribution in [0, 0.1) is 5.92 Å². The second-order valence-electron chi connectivity index (χ2n) is 5.07. The molecule has 20 heavy (non-hydrogen) atoms. The summed E-state index contributed by atoms with van der Waals surface area (Å²) in [6, 6.07) is 13.8. The maximum absolute atomic E-state index is 12.5. The first kappa shape index (κ1) is 14.4. The first-order chi connectivity index (χ1) is 9.70. The van der Waals surface area contributed by atoms with Crippen molar-refractivity contribution in [3.63, 3.8) is 0 Å². The summed E-state index contributed by atoms with van der Waals surface area (Å²) in [5, 5.41) is 0. The number of carbonyl (C=O) groups is 1. The van der Waals surface area contributed by atoms with E-state index in [0.717, 1.165) is 17.7 Å². The van der Waals surface area contributed by atoms with Crippen molar-refractivity contribution < 1.29 is 9.21 Å². The normalized spacial score (nSPS) is 12.1. The number of furan rings is 1. The average molecular weight is 271 g/mol. The van der Waals surface area contributed by atoms with Gasteiger partial charge in [-0.15, -0.1) is 0 Å². The summed E-state index contributed by atoms with van der Waals surface area (Å²) >= 11 is 0. The third-order valence-electron chi connectivity index (χ3n) is 3.49. The molecule has 1 unspecified atom stereocenters. The molecule has 2 rings (SSSR count). The molecular formula is C17H21NO2. The number of rotatable bonds is 6. The van der Waals surface area contributed by atoms with Gasteiger partial charge in [0.05, 0.1) is 12.8 Å². The Bertz CT molecular complexity index is 519. The van der Waals surface area contributed by atoms with Gasteiger partial charge in [0.15, 0.2) is 0 Å². The zero-order valence-corrected chi connectivity index (χ0v) is 12.1. The molecule has 0 saturated heterocycles. The first-order valence-electron chi connectivity index (χ1n) is 7.05. The van der Waals surface area contributed by atoms with Crippen molar-refractivity contribution in [3.05, 3.63) is 60.1 Å². The molecule has 0 bridgehead atoms. The second-order valence-corrected chi connectivity index (χ2v) is 5.07. The Kier molecular flexibility index (Phi) is 4.99. The SMILES string of the molecule is CCC(C)C(=O)N(Cc1ccccc1)Cc1ccco1.